The largest absolute Gasteiger partial charge is 0.368 e. The number of aromatic nitrogens is 3. The highest BCUT2D eigenvalue weighted by Crippen LogP contribution is 2.18. The van der Waals surface area contributed by atoms with Crippen LogP contribution in [-0.4, -0.2) is 27.6 Å². The Kier molecular flexibility index (Phi) is 5.17. The summed E-state index contributed by atoms with van der Waals surface area (Å²) in [6, 6.07) is 13.4. The molecule has 3 rings (SSSR count). The summed E-state index contributed by atoms with van der Waals surface area (Å²) in [5.74, 6) is 0.0261. The number of carbonyl (C=O) groups is 1. The number of halogens is 1. The molecule has 2 aromatic heterocycles. The second-order valence-corrected chi connectivity index (χ2v) is 5.93. The standard InChI is InChI=1S/C19H18FN5O/c1-12(13-2-5-15(20)6-3-13)10-23-18-9-8-16(24-25-18)14-4-7-17(19(21)26)22-11-14/h2-9,11-12H,10H2,1H3,(H2,21,26)(H,23,25). The zero-order valence-corrected chi connectivity index (χ0v) is 14.2. The van der Waals surface area contributed by atoms with E-state index >= 15 is 0 Å². The molecule has 0 bridgehead atoms. The van der Waals surface area contributed by atoms with E-state index in [2.05, 4.69) is 20.5 Å². The van der Waals surface area contributed by atoms with E-state index in [-0.39, 0.29) is 17.4 Å². The van der Waals surface area contributed by atoms with Gasteiger partial charge in [0.2, 0.25) is 0 Å². The molecule has 0 saturated heterocycles. The number of nitrogens with two attached hydrogens (primary N) is 1. The van der Waals surface area contributed by atoms with Crippen molar-refractivity contribution in [2.45, 2.75) is 12.8 Å². The van der Waals surface area contributed by atoms with Crippen LogP contribution in [0.3, 0.4) is 0 Å². The molecule has 0 fully saturated rings. The molecule has 1 aromatic carbocycles. The summed E-state index contributed by atoms with van der Waals surface area (Å²) in [6.45, 7) is 2.70. The fourth-order valence-electron chi connectivity index (χ4n) is 2.44. The van der Waals surface area contributed by atoms with Gasteiger partial charge in [-0.25, -0.2) is 4.39 Å². The lowest BCUT2D eigenvalue weighted by atomic mass is 10.0. The summed E-state index contributed by atoms with van der Waals surface area (Å²) < 4.78 is 13.0. The maximum Gasteiger partial charge on any atom is 0.267 e. The fourth-order valence-corrected chi connectivity index (χ4v) is 2.44. The number of nitrogens with zero attached hydrogens (tertiary/aromatic N) is 3. The first-order chi connectivity index (χ1) is 12.5. The third-order valence-corrected chi connectivity index (χ3v) is 4.00. The molecule has 0 aliphatic carbocycles. The van der Waals surface area contributed by atoms with E-state index in [1.165, 1.54) is 18.3 Å². The average molecular weight is 351 g/mol. The summed E-state index contributed by atoms with van der Waals surface area (Å²) in [6.07, 6.45) is 1.54. The van der Waals surface area contributed by atoms with E-state index in [9.17, 15) is 9.18 Å². The molecular weight excluding hydrogens is 333 g/mol. The molecule has 0 aliphatic heterocycles. The Bertz CT molecular complexity index is 879. The summed E-state index contributed by atoms with van der Waals surface area (Å²) in [4.78, 5) is 15.0. The van der Waals surface area contributed by atoms with E-state index in [1.54, 1.807) is 24.3 Å². The summed E-state index contributed by atoms with van der Waals surface area (Å²) in [5.41, 5.74) is 7.81. The van der Waals surface area contributed by atoms with Gasteiger partial charge in [-0.05, 0) is 47.9 Å². The Balaban J connectivity index is 1.62. The van der Waals surface area contributed by atoms with Crippen molar-refractivity contribution in [3.05, 3.63) is 71.8 Å². The van der Waals surface area contributed by atoms with Crippen LogP contribution in [0, 0.1) is 5.82 Å². The third kappa shape index (κ3) is 4.18. The smallest absolute Gasteiger partial charge is 0.267 e. The van der Waals surface area contributed by atoms with Gasteiger partial charge < -0.3 is 11.1 Å². The number of hydrogen-bond acceptors (Lipinski definition) is 5. The van der Waals surface area contributed by atoms with Crippen LogP contribution in [0.1, 0.15) is 28.9 Å². The van der Waals surface area contributed by atoms with E-state index in [1.807, 2.05) is 19.1 Å². The molecule has 3 N–H and O–H groups in total. The van der Waals surface area contributed by atoms with Crippen molar-refractivity contribution in [2.24, 2.45) is 5.73 Å². The van der Waals surface area contributed by atoms with Gasteiger partial charge in [-0.15, -0.1) is 10.2 Å². The van der Waals surface area contributed by atoms with E-state index in [0.717, 1.165) is 11.1 Å². The van der Waals surface area contributed by atoms with Crippen LogP contribution in [0.25, 0.3) is 11.3 Å². The minimum Gasteiger partial charge on any atom is -0.368 e. The van der Waals surface area contributed by atoms with E-state index in [4.69, 9.17) is 5.73 Å². The van der Waals surface area contributed by atoms with Gasteiger partial charge in [-0.3, -0.25) is 9.78 Å². The number of anilines is 1. The minimum absolute atomic E-state index is 0.197. The van der Waals surface area contributed by atoms with Crippen molar-refractivity contribution in [3.8, 4) is 11.3 Å². The molecule has 132 valence electrons. The summed E-state index contributed by atoms with van der Waals surface area (Å²) in [5, 5.41) is 11.5. The van der Waals surface area contributed by atoms with Gasteiger partial charge in [0.25, 0.3) is 5.91 Å². The van der Waals surface area contributed by atoms with Crippen LogP contribution < -0.4 is 11.1 Å². The number of pyridine rings is 1. The third-order valence-electron chi connectivity index (χ3n) is 4.00. The number of rotatable bonds is 6. The molecule has 0 saturated carbocycles. The predicted octanol–water partition coefficient (Wildman–Crippen LogP) is 2.99. The normalized spacial score (nSPS) is 11.8. The number of primary amides is 1. The fraction of sp³-hybridized carbons (Fsp3) is 0.158. The minimum atomic E-state index is -0.572. The monoisotopic (exact) mass is 351 g/mol. The number of benzene rings is 1. The Morgan fingerprint density at radius 3 is 2.46 bits per heavy atom. The molecular formula is C19H18FN5O. The summed E-state index contributed by atoms with van der Waals surface area (Å²) >= 11 is 0. The molecule has 7 heteroatoms. The van der Waals surface area contributed by atoms with E-state index in [0.29, 0.717) is 18.1 Å². The van der Waals surface area contributed by atoms with Gasteiger partial charge in [0.1, 0.15) is 17.3 Å². The van der Waals surface area contributed by atoms with Gasteiger partial charge in [-0.1, -0.05) is 19.1 Å². The second-order valence-electron chi connectivity index (χ2n) is 5.93. The van der Waals surface area contributed by atoms with Gasteiger partial charge in [0.15, 0.2) is 0 Å². The van der Waals surface area contributed by atoms with Crippen LogP contribution in [0.15, 0.2) is 54.7 Å². The Labute approximate surface area is 150 Å². The molecule has 1 amide bonds. The molecule has 0 spiro atoms. The highest BCUT2D eigenvalue weighted by atomic mass is 19.1. The molecule has 1 unspecified atom stereocenters. The zero-order chi connectivity index (χ0) is 18.5. The first-order valence-corrected chi connectivity index (χ1v) is 8.12. The molecule has 0 radical (unpaired) electrons. The van der Waals surface area contributed by atoms with Crippen LogP contribution in [0.2, 0.25) is 0 Å². The SMILES string of the molecule is CC(CNc1ccc(-c2ccc(C(N)=O)nc2)nn1)c1ccc(F)cc1. The van der Waals surface area contributed by atoms with Crippen molar-refractivity contribution >= 4 is 11.7 Å². The molecule has 0 aliphatic rings. The Morgan fingerprint density at radius 2 is 1.88 bits per heavy atom. The van der Waals surface area contributed by atoms with E-state index < -0.39 is 5.91 Å². The van der Waals surface area contributed by atoms with Gasteiger partial charge >= 0.3 is 0 Å². The maximum absolute atomic E-state index is 13.0. The molecule has 6 nitrogen and oxygen atoms in total. The molecule has 26 heavy (non-hydrogen) atoms. The molecule has 2 heterocycles. The van der Waals surface area contributed by atoms with Crippen molar-refractivity contribution < 1.29 is 9.18 Å². The number of carbonyl (C=O) groups excluding carboxylic acids is 1. The predicted molar refractivity (Wildman–Crippen MR) is 97.1 cm³/mol. The van der Waals surface area contributed by atoms with Crippen molar-refractivity contribution in [2.75, 3.05) is 11.9 Å². The van der Waals surface area contributed by atoms with Crippen molar-refractivity contribution in [1.82, 2.24) is 15.2 Å². The van der Waals surface area contributed by atoms with Crippen LogP contribution in [0.4, 0.5) is 10.2 Å². The van der Waals surface area contributed by atoms with Crippen LogP contribution in [-0.2, 0) is 0 Å². The van der Waals surface area contributed by atoms with Gasteiger partial charge in [0.05, 0.1) is 5.69 Å². The number of hydrogen-bond donors (Lipinski definition) is 2. The number of amides is 1. The molecule has 1 atom stereocenters. The van der Waals surface area contributed by atoms with Crippen molar-refractivity contribution in [1.29, 1.82) is 0 Å². The average Bonchev–Trinajstić information content (AvgIpc) is 2.67. The lowest BCUT2D eigenvalue weighted by Gasteiger charge is -2.13. The first-order valence-electron chi connectivity index (χ1n) is 8.12. The lowest BCUT2D eigenvalue weighted by molar-refractivity contribution is 0.0995. The van der Waals surface area contributed by atoms with Crippen LogP contribution >= 0.6 is 0 Å². The lowest BCUT2D eigenvalue weighted by Crippen LogP contribution is -2.12. The zero-order valence-electron chi connectivity index (χ0n) is 14.2. The first kappa shape index (κ1) is 17.5. The highest BCUT2D eigenvalue weighted by Gasteiger charge is 2.08. The Morgan fingerprint density at radius 1 is 1.12 bits per heavy atom. The van der Waals surface area contributed by atoms with Crippen molar-refractivity contribution in [3.63, 3.8) is 0 Å². The van der Waals surface area contributed by atoms with Gasteiger partial charge in [0, 0.05) is 18.3 Å². The highest BCUT2D eigenvalue weighted by molar-refractivity contribution is 5.91. The van der Waals surface area contributed by atoms with Crippen LogP contribution in [0.5, 0.6) is 0 Å². The topological polar surface area (TPSA) is 93.8 Å². The second kappa shape index (κ2) is 7.69. The summed E-state index contributed by atoms with van der Waals surface area (Å²) in [7, 11) is 0. The maximum atomic E-state index is 13.0. The van der Waals surface area contributed by atoms with Gasteiger partial charge in [-0.2, -0.15) is 0 Å². The Hall–Kier alpha value is -3.35. The quantitative estimate of drug-likeness (QED) is 0.712. The number of nitrogens with one attached hydrogen (secondary N) is 1. The molecule has 3 aromatic rings.